The molecule has 1 N–H and O–H groups in total. The van der Waals surface area contributed by atoms with Crippen LogP contribution in [0.4, 0.5) is 0 Å². The van der Waals surface area contributed by atoms with Crippen LogP contribution in [0.5, 0.6) is 5.75 Å². The molecule has 0 fully saturated rings. The Morgan fingerprint density at radius 1 is 0.946 bits per heavy atom. The van der Waals surface area contributed by atoms with Gasteiger partial charge >= 0.3 is 0 Å². The summed E-state index contributed by atoms with van der Waals surface area (Å²) < 4.78 is 5.84. The Hall–Kier alpha value is -4.12. The number of amides is 1. The molecule has 0 aliphatic carbocycles. The van der Waals surface area contributed by atoms with Crippen LogP contribution in [0.1, 0.15) is 48.9 Å². The maximum absolute atomic E-state index is 13.3. The fraction of sp³-hybridized carbons (Fsp3) is 0.250. The summed E-state index contributed by atoms with van der Waals surface area (Å²) in [6.07, 6.45) is 6.96. The van der Waals surface area contributed by atoms with Gasteiger partial charge in [0.2, 0.25) is 0 Å². The SMILES string of the molecule is CCCCCOc1ccc(C2C(C(=O)C=Cc3ccccc3)=C(O)C(=O)N2CCc2ccccc2)cc1. The van der Waals surface area contributed by atoms with E-state index in [0.29, 0.717) is 19.6 Å². The number of nitrogens with zero attached hydrogens (tertiary/aromatic N) is 1. The Morgan fingerprint density at radius 3 is 2.30 bits per heavy atom. The third kappa shape index (κ3) is 6.56. The lowest BCUT2D eigenvalue weighted by Crippen LogP contribution is -2.33. The van der Waals surface area contributed by atoms with E-state index < -0.39 is 17.7 Å². The number of hydrogen-bond donors (Lipinski definition) is 1. The predicted molar refractivity (Wildman–Crippen MR) is 146 cm³/mol. The second-order valence-corrected chi connectivity index (χ2v) is 9.13. The summed E-state index contributed by atoms with van der Waals surface area (Å²) in [4.78, 5) is 28.1. The fourth-order valence-corrected chi connectivity index (χ4v) is 4.49. The quantitative estimate of drug-likeness (QED) is 0.231. The first-order valence-corrected chi connectivity index (χ1v) is 12.9. The van der Waals surface area contributed by atoms with E-state index in [1.54, 1.807) is 11.0 Å². The molecule has 1 amide bonds. The zero-order valence-electron chi connectivity index (χ0n) is 21.2. The van der Waals surface area contributed by atoms with Gasteiger partial charge in [-0.05, 0) is 47.7 Å². The monoisotopic (exact) mass is 495 g/mol. The summed E-state index contributed by atoms with van der Waals surface area (Å²) in [7, 11) is 0. The highest BCUT2D eigenvalue weighted by Gasteiger charge is 2.42. The van der Waals surface area contributed by atoms with Crippen LogP contribution in [0.15, 0.2) is 102 Å². The third-order valence-electron chi connectivity index (χ3n) is 6.49. The molecular weight excluding hydrogens is 462 g/mol. The molecule has 0 bridgehead atoms. The third-order valence-corrected chi connectivity index (χ3v) is 6.49. The highest BCUT2D eigenvalue weighted by atomic mass is 16.5. The van der Waals surface area contributed by atoms with Crippen LogP contribution in [-0.4, -0.2) is 34.8 Å². The number of ether oxygens (including phenoxy) is 1. The second kappa shape index (κ2) is 12.7. The maximum Gasteiger partial charge on any atom is 0.290 e. The van der Waals surface area contributed by atoms with E-state index >= 15 is 0 Å². The first-order chi connectivity index (χ1) is 18.1. The van der Waals surface area contributed by atoms with Gasteiger partial charge in [0.15, 0.2) is 11.5 Å². The maximum atomic E-state index is 13.3. The largest absolute Gasteiger partial charge is 0.503 e. The van der Waals surface area contributed by atoms with E-state index in [4.69, 9.17) is 4.74 Å². The molecule has 0 saturated carbocycles. The summed E-state index contributed by atoms with van der Waals surface area (Å²) >= 11 is 0. The van der Waals surface area contributed by atoms with E-state index in [-0.39, 0.29) is 11.4 Å². The number of benzene rings is 3. The van der Waals surface area contributed by atoms with Gasteiger partial charge in [-0.1, -0.05) is 98.6 Å². The van der Waals surface area contributed by atoms with Gasteiger partial charge in [-0.25, -0.2) is 0 Å². The number of aliphatic hydroxyl groups excluding tert-OH is 1. The number of aliphatic hydroxyl groups is 1. The second-order valence-electron chi connectivity index (χ2n) is 9.13. The number of unbranched alkanes of at least 4 members (excludes halogenated alkanes) is 2. The summed E-state index contributed by atoms with van der Waals surface area (Å²) in [5, 5.41) is 10.9. The number of ketones is 1. The van der Waals surface area contributed by atoms with Crippen LogP contribution in [0, 0.1) is 0 Å². The number of carbonyl (C=O) groups is 2. The minimum Gasteiger partial charge on any atom is -0.503 e. The Balaban J connectivity index is 1.60. The predicted octanol–water partition coefficient (Wildman–Crippen LogP) is 6.48. The topological polar surface area (TPSA) is 66.8 Å². The molecule has 0 aromatic heterocycles. The molecule has 0 radical (unpaired) electrons. The van der Waals surface area contributed by atoms with E-state index in [0.717, 1.165) is 41.7 Å². The molecule has 3 aromatic rings. The Labute approximate surface area is 218 Å². The normalized spacial score (nSPS) is 15.5. The molecule has 1 unspecified atom stereocenters. The standard InChI is InChI=1S/C32H33NO4/c1-2-3-10-23-37-27-18-16-26(17-19-27)30-29(28(34)20-15-24-11-6-4-7-12-24)31(35)32(36)33(30)22-21-25-13-8-5-9-14-25/h4-9,11-20,30,35H,2-3,10,21-23H2,1H3. The molecule has 4 rings (SSSR count). The van der Waals surface area contributed by atoms with Crippen molar-refractivity contribution in [2.75, 3.05) is 13.2 Å². The number of hydrogen-bond acceptors (Lipinski definition) is 4. The highest BCUT2D eigenvalue weighted by Crippen LogP contribution is 2.38. The van der Waals surface area contributed by atoms with Crippen LogP contribution in [0.3, 0.4) is 0 Å². The van der Waals surface area contributed by atoms with Crippen molar-refractivity contribution in [3.8, 4) is 5.75 Å². The molecule has 0 saturated heterocycles. The average molecular weight is 496 g/mol. The molecular formula is C32H33NO4. The first kappa shape index (κ1) is 26.0. The van der Waals surface area contributed by atoms with E-state index in [1.165, 1.54) is 6.08 Å². The zero-order valence-corrected chi connectivity index (χ0v) is 21.2. The molecule has 5 nitrogen and oxygen atoms in total. The van der Waals surface area contributed by atoms with Gasteiger partial charge in [-0.2, -0.15) is 0 Å². The molecule has 1 atom stereocenters. The van der Waals surface area contributed by atoms with Gasteiger partial charge in [0.05, 0.1) is 18.2 Å². The molecule has 0 spiro atoms. The van der Waals surface area contributed by atoms with Gasteiger partial charge in [0.1, 0.15) is 5.75 Å². The summed E-state index contributed by atoms with van der Waals surface area (Å²) in [6, 6.07) is 26.1. The van der Waals surface area contributed by atoms with Gasteiger partial charge in [0.25, 0.3) is 5.91 Å². The van der Waals surface area contributed by atoms with E-state index in [2.05, 4.69) is 6.92 Å². The summed E-state index contributed by atoms with van der Waals surface area (Å²) in [5.41, 5.74) is 2.79. The van der Waals surface area contributed by atoms with Crippen molar-refractivity contribution in [1.82, 2.24) is 4.90 Å². The van der Waals surface area contributed by atoms with Crippen molar-refractivity contribution in [2.45, 2.75) is 38.6 Å². The number of rotatable bonds is 12. The van der Waals surface area contributed by atoms with Crippen molar-refractivity contribution in [3.05, 3.63) is 119 Å². The Bertz CT molecular complexity index is 1250. The van der Waals surface area contributed by atoms with Crippen LogP contribution < -0.4 is 4.74 Å². The van der Waals surface area contributed by atoms with Gasteiger partial charge in [-0.3, -0.25) is 9.59 Å². The minimum atomic E-state index is -0.682. The molecule has 190 valence electrons. The fourth-order valence-electron chi connectivity index (χ4n) is 4.49. The Morgan fingerprint density at radius 2 is 1.62 bits per heavy atom. The van der Waals surface area contributed by atoms with Crippen molar-refractivity contribution < 1.29 is 19.4 Å². The van der Waals surface area contributed by atoms with Gasteiger partial charge in [-0.15, -0.1) is 0 Å². The lowest BCUT2D eigenvalue weighted by atomic mass is 9.95. The molecule has 3 aromatic carbocycles. The van der Waals surface area contributed by atoms with E-state index in [1.807, 2.05) is 84.9 Å². The first-order valence-electron chi connectivity index (χ1n) is 12.9. The smallest absolute Gasteiger partial charge is 0.290 e. The molecule has 5 heteroatoms. The highest BCUT2D eigenvalue weighted by molar-refractivity contribution is 6.14. The molecule has 1 aliphatic heterocycles. The molecule has 1 heterocycles. The average Bonchev–Trinajstić information content (AvgIpc) is 3.19. The van der Waals surface area contributed by atoms with Crippen molar-refractivity contribution in [2.24, 2.45) is 0 Å². The number of allylic oxidation sites excluding steroid dienone is 1. The number of carbonyl (C=O) groups excluding carboxylic acids is 2. The van der Waals surface area contributed by atoms with Crippen molar-refractivity contribution in [3.63, 3.8) is 0 Å². The summed E-state index contributed by atoms with van der Waals surface area (Å²) in [6.45, 7) is 3.16. The van der Waals surface area contributed by atoms with Crippen LogP contribution in [0.2, 0.25) is 0 Å². The lowest BCUT2D eigenvalue weighted by molar-refractivity contribution is -0.129. The lowest BCUT2D eigenvalue weighted by Gasteiger charge is -2.27. The van der Waals surface area contributed by atoms with E-state index in [9.17, 15) is 14.7 Å². The molecule has 37 heavy (non-hydrogen) atoms. The Kier molecular flexibility index (Phi) is 8.93. The molecule has 1 aliphatic rings. The summed E-state index contributed by atoms with van der Waals surface area (Å²) in [5.74, 6) is -0.662. The zero-order chi connectivity index (χ0) is 26.0. The van der Waals surface area contributed by atoms with Crippen LogP contribution in [0.25, 0.3) is 6.08 Å². The van der Waals surface area contributed by atoms with Crippen molar-refractivity contribution in [1.29, 1.82) is 0 Å². The van der Waals surface area contributed by atoms with Crippen LogP contribution in [-0.2, 0) is 16.0 Å². The van der Waals surface area contributed by atoms with Crippen molar-refractivity contribution >= 4 is 17.8 Å². The van der Waals surface area contributed by atoms with Crippen LogP contribution >= 0.6 is 0 Å². The minimum absolute atomic E-state index is 0.0989. The van der Waals surface area contributed by atoms with Gasteiger partial charge < -0.3 is 14.7 Å². The van der Waals surface area contributed by atoms with Gasteiger partial charge in [0, 0.05) is 6.54 Å².